The number of aliphatic hydroxyl groups is 1. The van der Waals surface area contributed by atoms with E-state index >= 15 is 0 Å². The number of nitrogens with zero attached hydrogens (tertiary/aromatic N) is 1. The van der Waals surface area contributed by atoms with Crippen molar-refractivity contribution in [1.29, 1.82) is 0 Å². The second-order valence-corrected chi connectivity index (χ2v) is 4.84. The van der Waals surface area contributed by atoms with Crippen LogP contribution in [0.5, 0.6) is 0 Å². The Labute approximate surface area is 121 Å². The first-order chi connectivity index (χ1) is 9.74. The van der Waals surface area contributed by atoms with E-state index in [1.165, 1.54) is 11.9 Å². The molecule has 0 radical (unpaired) electrons. The molecule has 0 aliphatic heterocycles. The molecule has 0 aliphatic rings. The number of para-hydroxylation sites is 1. The van der Waals surface area contributed by atoms with Crippen LogP contribution < -0.4 is 5.32 Å². The van der Waals surface area contributed by atoms with Gasteiger partial charge in [0.05, 0.1) is 12.6 Å². The predicted octanol–water partition coefficient (Wildman–Crippen LogP) is 3.03. The molecule has 0 saturated carbocycles. The van der Waals surface area contributed by atoms with Crippen LogP contribution in [0.25, 0.3) is 0 Å². The maximum absolute atomic E-state index is 12.3. The molecule has 21 heavy (non-hydrogen) atoms. The third kappa shape index (κ3) is 5.63. The number of aliphatic hydroxyl groups excluding tert-OH is 1. The van der Waals surface area contributed by atoms with Crippen LogP contribution in [0.3, 0.4) is 0 Å². The minimum atomic E-state index is -4.24. The highest BCUT2D eigenvalue weighted by Gasteiger charge is 2.27. The van der Waals surface area contributed by atoms with Crippen LogP contribution in [0.4, 0.5) is 23.7 Å². The largest absolute Gasteiger partial charge is 0.394 e. The van der Waals surface area contributed by atoms with E-state index < -0.39 is 18.6 Å². The van der Waals surface area contributed by atoms with Gasteiger partial charge in [0, 0.05) is 19.2 Å². The summed E-state index contributed by atoms with van der Waals surface area (Å²) >= 11 is 0. The number of rotatable bonds is 5. The third-order valence-electron chi connectivity index (χ3n) is 3.18. The minimum absolute atomic E-state index is 0.195. The molecule has 2 amide bonds. The average molecular weight is 304 g/mol. The maximum Gasteiger partial charge on any atom is 0.389 e. The van der Waals surface area contributed by atoms with Crippen LogP contribution >= 0.6 is 0 Å². The summed E-state index contributed by atoms with van der Waals surface area (Å²) in [4.78, 5) is 13.2. The van der Waals surface area contributed by atoms with E-state index in [1.807, 2.05) is 0 Å². The molecule has 0 bridgehead atoms. The number of alkyl halides is 3. The molecule has 1 unspecified atom stereocenters. The Morgan fingerprint density at radius 3 is 2.57 bits per heavy atom. The topological polar surface area (TPSA) is 52.6 Å². The molecule has 0 saturated heterocycles. The summed E-state index contributed by atoms with van der Waals surface area (Å²) in [6.07, 6.45) is -5.37. The van der Waals surface area contributed by atoms with Crippen LogP contribution in [0.1, 0.15) is 18.9 Å². The molecule has 4 nitrogen and oxygen atoms in total. The highest BCUT2D eigenvalue weighted by molar-refractivity contribution is 5.90. The summed E-state index contributed by atoms with van der Waals surface area (Å²) in [5, 5.41) is 11.6. The van der Waals surface area contributed by atoms with E-state index in [2.05, 4.69) is 5.32 Å². The van der Waals surface area contributed by atoms with Gasteiger partial charge in [0.1, 0.15) is 0 Å². The fraction of sp³-hybridized carbons (Fsp3) is 0.500. The summed E-state index contributed by atoms with van der Waals surface area (Å²) in [6.45, 7) is 1.47. The summed E-state index contributed by atoms with van der Waals surface area (Å²) < 4.78 is 36.9. The zero-order valence-corrected chi connectivity index (χ0v) is 11.9. The van der Waals surface area contributed by atoms with Crippen molar-refractivity contribution in [2.75, 3.05) is 19.0 Å². The number of urea groups is 1. The standard InChI is InChI=1S/C14H19F3N2O2/c1-10(9-20)19(2)13(21)18-12-6-4-3-5-11(12)7-8-14(15,16)17/h3-6,10,20H,7-9H2,1-2H3,(H,18,21). The Morgan fingerprint density at radius 2 is 2.00 bits per heavy atom. The number of hydrogen-bond donors (Lipinski definition) is 2. The summed E-state index contributed by atoms with van der Waals surface area (Å²) in [6, 6.07) is 5.52. The van der Waals surface area contributed by atoms with Crippen LogP contribution in [0.2, 0.25) is 0 Å². The van der Waals surface area contributed by atoms with E-state index in [9.17, 15) is 18.0 Å². The normalized spacial score (nSPS) is 12.9. The number of amides is 2. The van der Waals surface area contributed by atoms with Gasteiger partial charge in [0.2, 0.25) is 0 Å². The molecule has 0 fully saturated rings. The highest BCUT2D eigenvalue weighted by Crippen LogP contribution is 2.25. The molecule has 7 heteroatoms. The lowest BCUT2D eigenvalue weighted by Crippen LogP contribution is -2.40. The fourth-order valence-corrected chi connectivity index (χ4v) is 1.66. The van der Waals surface area contributed by atoms with Gasteiger partial charge in [-0.2, -0.15) is 13.2 Å². The fourth-order valence-electron chi connectivity index (χ4n) is 1.66. The molecular weight excluding hydrogens is 285 g/mol. The first-order valence-corrected chi connectivity index (χ1v) is 6.54. The second-order valence-electron chi connectivity index (χ2n) is 4.84. The number of anilines is 1. The predicted molar refractivity (Wildman–Crippen MR) is 74.1 cm³/mol. The molecule has 2 N–H and O–H groups in total. The van der Waals surface area contributed by atoms with E-state index in [0.29, 0.717) is 11.3 Å². The second kappa shape index (κ2) is 7.31. The van der Waals surface area contributed by atoms with Crippen molar-refractivity contribution >= 4 is 11.7 Å². The van der Waals surface area contributed by atoms with Gasteiger partial charge < -0.3 is 15.3 Å². The first-order valence-electron chi connectivity index (χ1n) is 6.54. The van der Waals surface area contributed by atoms with Crippen molar-refractivity contribution in [3.05, 3.63) is 29.8 Å². The van der Waals surface area contributed by atoms with Gasteiger partial charge in [-0.15, -0.1) is 0 Å². The molecule has 1 atom stereocenters. The minimum Gasteiger partial charge on any atom is -0.394 e. The van der Waals surface area contributed by atoms with Gasteiger partial charge >= 0.3 is 12.2 Å². The van der Waals surface area contributed by atoms with Gasteiger partial charge in [-0.25, -0.2) is 4.79 Å². The molecule has 0 aromatic heterocycles. The molecule has 0 aliphatic carbocycles. The van der Waals surface area contributed by atoms with Crippen LogP contribution in [0, 0.1) is 0 Å². The lowest BCUT2D eigenvalue weighted by molar-refractivity contribution is -0.133. The molecular formula is C14H19F3N2O2. The Kier molecular flexibility index (Phi) is 6.02. The van der Waals surface area contributed by atoms with Gasteiger partial charge in [-0.3, -0.25) is 0 Å². The maximum atomic E-state index is 12.3. The van der Waals surface area contributed by atoms with E-state index in [0.717, 1.165) is 0 Å². The van der Waals surface area contributed by atoms with E-state index in [4.69, 9.17) is 5.11 Å². The first kappa shape index (κ1) is 17.3. The number of nitrogens with one attached hydrogen (secondary N) is 1. The SMILES string of the molecule is CC(CO)N(C)C(=O)Nc1ccccc1CCC(F)(F)F. The van der Waals surface area contributed by atoms with Crippen molar-refractivity contribution in [2.24, 2.45) is 0 Å². The lowest BCUT2D eigenvalue weighted by atomic mass is 10.1. The number of halogens is 3. The smallest absolute Gasteiger partial charge is 0.389 e. The van der Waals surface area contributed by atoms with Crippen molar-refractivity contribution in [2.45, 2.75) is 32.0 Å². The quantitative estimate of drug-likeness (QED) is 0.878. The Bertz CT molecular complexity index is 478. The zero-order valence-electron chi connectivity index (χ0n) is 11.9. The molecule has 1 aromatic rings. The highest BCUT2D eigenvalue weighted by atomic mass is 19.4. The van der Waals surface area contributed by atoms with Crippen molar-refractivity contribution in [3.63, 3.8) is 0 Å². The number of carbonyl (C=O) groups is 1. The zero-order chi connectivity index (χ0) is 16.0. The average Bonchev–Trinajstić information content (AvgIpc) is 2.43. The van der Waals surface area contributed by atoms with Crippen molar-refractivity contribution in [3.8, 4) is 0 Å². The number of benzene rings is 1. The summed E-state index contributed by atoms with van der Waals surface area (Å²) in [5.41, 5.74) is 0.775. The number of hydrogen-bond acceptors (Lipinski definition) is 2. The van der Waals surface area contributed by atoms with Gasteiger partial charge in [0.15, 0.2) is 0 Å². The van der Waals surface area contributed by atoms with E-state index in [-0.39, 0.29) is 19.1 Å². The van der Waals surface area contributed by atoms with E-state index in [1.54, 1.807) is 31.2 Å². The molecule has 1 rings (SSSR count). The van der Waals surface area contributed by atoms with Gasteiger partial charge in [-0.1, -0.05) is 18.2 Å². The third-order valence-corrected chi connectivity index (χ3v) is 3.18. The number of aryl methyl sites for hydroxylation is 1. The number of likely N-dealkylation sites (N-methyl/N-ethyl adjacent to an activating group) is 1. The van der Waals surface area contributed by atoms with Crippen molar-refractivity contribution in [1.82, 2.24) is 4.90 Å². The molecule has 0 spiro atoms. The van der Waals surface area contributed by atoms with Crippen molar-refractivity contribution < 1.29 is 23.1 Å². The Morgan fingerprint density at radius 1 is 1.38 bits per heavy atom. The summed E-state index contributed by atoms with van der Waals surface area (Å²) in [5.74, 6) is 0. The lowest BCUT2D eigenvalue weighted by Gasteiger charge is -2.24. The van der Waals surface area contributed by atoms with Crippen LogP contribution in [0.15, 0.2) is 24.3 Å². The molecule has 0 heterocycles. The Balaban J connectivity index is 2.77. The van der Waals surface area contributed by atoms with Crippen LogP contribution in [-0.4, -0.2) is 41.9 Å². The van der Waals surface area contributed by atoms with Gasteiger partial charge in [0.25, 0.3) is 0 Å². The van der Waals surface area contributed by atoms with Crippen LogP contribution in [-0.2, 0) is 6.42 Å². The molecule has 118 valence electrons. The van der Waals surface area contributed by atoms with Gasteiger partial charge in [-0.05, 0) is 25.0 Å². The summed E-state index contributed by atoms with van der Waals surface area (Å²) in [7, 11) is 1.51. The number of carbonyl (C=O) groups excluding carboxylic acids is 1. The monoisotopic (exact) mass is 304 g/mol. The Hall–Kier alpha value is -1.76. The molecule has 1 aromatic carbocycles.